The Morgan fingerprint density at radius 1 is 0.688 bits per heavy atom. The van der Waals surface area contributed by atoms with Crippen molar-refractivity contribution in [3.8, 4) is 0 Å². The summed E-state index contributed by atoms with van der Waals surface area (Å²) in [5.74, 6) is -2.70. The topological polar surface area (TPSA) is 224 Å². The van der Waals surface area contributed by atoms with Crippen LogP contribution in [-0.4, -0.2) is 194 Å². The molecule has 8 N–H and O–H groups in total. The Balaban J connectivity index is 2.47. The van der Waals surface area contributed by atoms with E-state index in [1.807, 2.05) is 7.05 Å². The number of hydrogen-bond acceptors (Lipinski definition) is 12. The van der Waals surface area contributed by atoms with Gasteiger partial charge < -0.3 is 41.9 Å². The zero-order valence-corrected chi connectivity index (χ0v) is 29.2. The highest BCUT2D eigenvalue weighted by Gasteiger charge is 2.20. The van der Waals surface area contributed by atoms with Crippen LogP contribution in [0.4, 0.5) is 0 Å². The van der Waals surface area contributed by atoms with Gasteiger partial charge in [0.2, 0.25) is 11.8 Å². The minimum absolute atomic E-state index is 0.150. The summed E-state index contributed by atoms with van der Waals surface area (Å²) in [6.45, 7) is 10.8. The van der Waals surface area contributed by atoms with Crippen molar-refractivity contribution in [3.63, 3.8) is 0 Å². The minimum atomic E-state index is -0.991. The van der Waals surface area contributed by atoms with E-state index in [9.17, 15) is 39.3 Å². The summed E-state index contributed by atoms with van der Waals surface area (Å²) < 4.78 is 0. The van der Waals surface area contributed by atoms with E-state index < -0.39 is 23.9 Å². The van der Waals surface area contributed by atoms with Gasteiger partial charge in [-0.15, -0.1) is 0 Å². The van der Waals surface area contributed by atoms with E-state index in [2.05, 4.69) is 39.6 Å². The molecule has 0 aromatic heterocycles. The highest BCUT2D eigenvalue weighted by molar-refractivity contribution is 5.82. The quantitative estimate of drug-likeness (QED) is 0.0596. The van der Waals surface area contributed by atoms with Gasteiger partial charge in [0.1, 0.15) is 0 Å². The van der Waals surface area contributed by atoms with E-state index in [-0.39, 0.29) is 44.3 Å². The fraction of sp³-hybridized carbons (Fsp3) is 0.839. The van der Waals surface area contributed by atoms with Gasteiger partial charge in [0, 0.05) is 98.2 Å². The number of nitrogens with zero attached hydrogens (tertiary/aromatic N) is 5. The van der Waals surface area contributed by atoms with Crippen LogP contribution >= 0.6 is 0 Å². The van der Waals surface area contributed by atoms with Gasteiger partial charge in [-0.3, -0.25) is 43.6 Å². The number of nitrogens with one attached hydrogen (secondary N) is 3. The van der Waals surface area contributed by atoms with Gasteiger partial charge >= 0.3 is 17.9 Å². The number of aliphatic carboxylic acids is 3. The molecule has 0 radical (unpaired) electrons. The number of nitrogens with two attached hydrogens (primary N) is 1. The molecule has 0 aliphatic carbocycles. The second-order valence-corrected chi connectivity index (χ2v) is 12.9. The van der Waals surface area contributed by atoms with Crippen molar-refractivity contribution in [3.05, 3.63) is 0 Å². The molecule has 0 spiro atoms. The first-order valence-electron chi connectivity index (χ1n) is 17.0. The number of likely N-dealkylation sites (N-methyl/N-ethyl adjacent to an activating group) is 1. The monoisotopic (exact) mass is 687 g/mol. The molecule has 0 bridgehead atoms. The first-order chi connectivity index (χ1) is 22.7. The van der Waals surface area contributed by atoms with Crippen molar-refractivity contribution >= 4 is 29.7 Å². The normalized spacial score (nSPS) is 17.0. The SMILES string of the molecule is CC(C)CCCNC(=O)[C@H](N)CCC(=O)NCCN(C)CCNCN1CCN(CC(=O)O)CCN(CC(=O)O)CCN(CC(=O)O)CC1. The summed E-state index contributed by atoms with van der Waals surface area (Å²) in [5, 5.41) is 37.2. The predicted octanol–water partition coefficient (Wildman–Crippen LogP) is -2.28. The Morgan fingerprint density at radius 3 is 1.60 bits per heavy atom. The number of carboxylic acids is 3. The number of carbonyl (C=O) groups is 5. The lowest BCUT2D eigenvalue weighted by Gasteiger charge is -2.33. The average Bonchev–Trinajstić information content (AvgIpc) is 3.00. The van der Waals surface area contributed by atoms with Gasteiger partial charge in [0.15, 0.2) is 0 Å². The molecular weight excluding hydrogens is 626 g/mol. The fourth-order valence-electron chi connectivity index (χ4n) is 5.15. The van der Waals surface area contributed by atoms with Gasteiger partial charge in [0.25, 0.3) is 0 Å². The highest BCUT2D eigenvalue weighted by atomic mass is 16.4. The lowest BCUT2D eigenvalue weighted by molar-refractivity contribution is -0.140. The molecule has 17 nitrogen and oxygen atoms in total. The molecule has 0 saturated carbocycles. The summed E-state index contributed by atoms with van der Waals surface area (Å²) in [4.78, 5) is 68.2. The Kier molecular flexibility index (Phi) is 22.5. The van der Waals surface area contributed by atoms with E-state index in [4.69, 9.17) is 5.73 Å². The van der Waals surface area contributed by atoms with E-state index >= 15 is 0 Å². The number of carbonyl (C=O) groups excluding carboxylic acids is 2. The molecule has 2 amide bonds. The zero-order chi connectivity index (χ0) is 35.9. The van der Waals surface area contributed by atoms with Crippen molar-refractivity contribution in [1.29, 1.82) is 0 Å². The molecule has 1 fully saturated rings. The highest BCUT2D eigenvalue weighted by Crippen LogP contribution is 2.03. The van der Waals surface area contributed by atoms with E-state index in [1.54, 1.807) is 14.7 Å². The van der Waals surface area contributed by atoms with Crippen LogP contribution in [0.5, 0.6) is 0 Å². The number of amides is 2. The molecule has 0 aromatic rings. The first-order valence-corrected chi connectivity index (χ1v) is 17.0. The van der Waals surface area contributed by atoms with Crippen LogP contribution in [0.1, 0.15) is 39.5 Å². The third kappa shape index (κ3) is 22.6. The summed E-state index contributed by atoms with van der Waals surface area (Å²) in [6, 6.07) is -0.713. The van der Waals surface area contributed by atoms with Crippen LogP contribution in [0.25, 0.3) is 0 Å². The fourth-order valence-corrected chi connectivity index (χ4v) is 5.15. The molecular formula is C31H61N9O8. The molecule has 0 unspecified atom stereocenters. The number of carboxylic acid groups (broad SMARTS) is 3. The maximum Gasteiger partial charge on any atom is 0.317 e. The van der Waals surface area contributed by atoms with E-state index in [0.29, 0.717) is 97.7 Å². The van der Waals surface area contributed by atoms with Gasteiger partial charge in [-0.05, 0) is 32.2 Å². The molecule has 1 rings (SSSR count). The van der Waals surface area contributed by atoms with E-state index in [1.165, 1.54) is 0 Å². The van der Waals surface area contributed by atoms with Crippen LogP contribution < -0.4 is 21.7 Å². The maximum absolute atomic E-state index is 12.3. The number of hydrogen-bond donors (Lipinski definition) is 7. The maximum atomic E-state index is 12.3. The largest absolute Gasteiger partial charge is 0.480 e. The van der Waals surface area contributed by atoms with Crippen molar-refractivity contribution in [2.24, 2.45) is 11.7 Å². The Bertz CT molecular complexity index is 942. The average molecular weight is 688 g/mol. The molecule has 1 heterocycles. The third-order valence-corrected chi connectivity index (χ3v) is 8.10. The van der Waals surface area contributed by atoms with Crippen LogP contribution in [0, 0.1) is 5.92 Å². The summed E-state index contributed by atoms with van der Waals surface area (Å²) >= 11 is 0. The Labute approximate surface area is 285 Å². The van der Waals surface area contributed by atoms with Crippen LogP contribution in [0.3, 0.4) is 0 Å². The van der Waals surface area contributed by atoms with Gasteiger partial charge in [-0.2, -0.15) is 0 Å². The van der Waals surface area contributed by atoms with Crippen molar-refractivity contribution < 1.29 is 39.3 Å². The second kappa shape index (κ2) is 25.1. The van der Waals surface area contributed by atoms with Crippen molar-refractivity contribution in [2.75, 3.05) is 118 Å². The Morgan fingerprint density at radius 2 is 1.15 bits per heavy atom. The minimum Gasteiger partial charge on any atom is -0.480 e. The van der Waals surface area contributed by atoms with E-state index in [0.717, 1.165) is 12.8 Å². The van der Waals surface area contributed by atoms with Crippen molar-refractivity contribution in [1.82, 2.24) is 40.4 Å². The van der Waals surface area contributed by atoms with Gasteiger partial charge in [0.05, 0.1) is 25.7 Å². The summed E-state index contributed by atoms with van der Waals surface area (Å²) in [5.41, 5.74) is 5.94. The summed E-state index contributed by atoms with van der Waals surface area (Å²) in [7, 11) is 1.95. The number of rotatable bonds is 22. The molecule has 1 saturated heterocycles. The smallest absolute Gasteiger partial charge is 0.317 e. The lowest BCUT2D eigenvalue weighted by Crippen LogP contribution is -2.50. The van der Waals surface area contributed by atoms with Crippen LogP contribution in [0.15, 0.2) is 0 Å². The molecule has 278 valence electrons. The standard InChI is InChI=1S/C31H61N9O8/c1-25(2)5-4-8-35-31(48)26(32)6-7-27(41)34-10-12-36(3)11-9-33-24-40-19-17-38(22-29(44)45)15-13-37(21-28(42)43)14-16-39(18-20-40)23-30(46)47/h25-26,33H,4-24,32H2,1-3H3,(H,34,41)(H,35,48)(H,42,43)(H,44,45)(H,46,47)/t26-/m1/s1. The Hall–Kier alpha value is -2.93. The van der Waals surface area contributed by atoms with Gasteiger partial charge in [-0.1, -0.05) is 13.8 Å². The molecule has 17 heteroatoms. The molecule has 1 atom stereocenters. The lowest BCUT2D eigenvalue weighted by atomic mass is 10.1. The van der Waals surface area contributed by atoms with Crippen LogP contribution in [-0.2, 0) is 24.0 Å². The summed E-state index contributed by atoms with van der Waals surface area (Å²) in [6.07, 6.45) is 2.39. The van der Waals surface area contributed by atoms with Gasteiger partial charge in [-0.25, -0.2) is 0 Å². The zero-order valence-electron chi connectivity index (χ0n) is 29.2. The second-order valence-electron chi connectivity index (χ2n) is 12.9. The molecule has 1 aliphatic rings. The first kappa shape index (κ1) is 43.1. The molecule has 1 aliphatic heterocycles. The third-order valence-electron chi connectivity index (χ3n) is 8.10. The molecule has 0 aromatic carbocycles. The van der Waals surface area contributed by atoms with Crippen LogP contribution in [0.2, 0.25) is 0 Å². The van der Waals surface area contributed by atoms with Crippen molar-refractivity contribution in [2.45, 2.75) is 45.6 Å². The molecule has 48 heavy (non-hydrogen) atoms. The predicted molar refractivity (Wildman–Crippen MR) is 181 cm³/mol.